The fourth-order valence-electron chi connectivity index (χ4n) is 2.34. The third-order valence-corrected chi connectivity index (χ3v) is 4.83. The highest BCUT2D eigenvalue weighted by Crippen LogP contribution is 2.36. The zero-order chi connectivity index (χ0) is 18.0. The molecule has 0 spiro atoms. The number of nitrogens with one attached hydrogen (secondary N) is 1. The number of anilines is 1. The Balaban J connectivity index is 1.94. The molecule has 0 aliphatic heterocycles. The molecule has 5 nitrogen and oxygen atoms in total. The van der Waals surface area contributed by atoms with E-state index in [0.29, 0.717) is 39.3 Å². The number of aromatic nitrogens is 1. The van der Waals surface area contributed by atoms with E-state index in [-0.39, 0.29) is 13.0 Å². The average Bonchev–Trinajstić information content (AvgIpc) is 3.15. The minimum Gasteiger partial charge on any atom is -0.455 e. The van der Waals surface area contributed by atoms with Crippen LogP contribution in [0.3, 0.4) is 0 Å². The number of fused-ring (bicyclic) bond motifs is 1. The lowest BCUT2D eigenvalue weighted by molar-refractivity contribution is 0.178. The number of halogens is 2. The number of hydrogen-bond donors (Lipinski definition) is 2. The molecule has 128 valence electrons. The lowest BCUT2D eigenvalue weighted by Gasteiger charge is -2.08. The lowest BCUT2D eigenvalue weighted by Crippen LogP contribution is -2.27. The van der Waals surface area contributed by atoms with Crippen LogP contribution in [0.4, 0.5) is 5.69 Å². The van der Waals surface area contributed by atoms with E-state index in [1.54, 1.807) is 17.4 Å². The zero-order valence-electron chi connectivity index (χ0n) is 13.9. The van der Waals surface area contributed by atoms with Gasteiger partial charge >= 0.3 is 0 Å². The van der Waals surface area contributed by atoms with Crippen molar-refractivity contribution < 1.29 is 10.5 Å². The summed E-state index contributed by atoms with van der Waals surface area (Å²) in [4.78, 5) is 5.42. The zero-order valence-corrected chi connectivity index (χ0v) is 15.3. The maximum atomic E-state index is 8.08. The van der Waals surface area contributed by atoms with E-state index in [1.807, 2.05) is 17.5 Å². The highest BCUT2D eigenvalue weighted by atomic mass is 35.5. The Morgan fingerprint density at radius 2 is 2.38 bits per heavy atom. The highest BCUT2D eigenvalue weighted by Gasteiger charge is 2.20. The molecule has 0 aliphatic carbocycles. The molecule has 0 bridgehead atoms. The van der Waals surface area contributed by atoms with Gasteiger partial charge in [0.2, 0.25) is 0 Å². The molecule has 0 fully saturated rings. The molecule has 0 unspecified atom stereocenters. The van der Waals surface area contributed by atoms with Crippen molar-refractivity contribution in [2.24, 2.45) is 5.73 Å². The van der Waals surface area contributed by atoms with Crippen LogP contribution < -0.4 is 11.1 Å². The minimum atomic E-state index is -1.35. The number of hydrogen-bond acceptors (Lipinski definition) is 6. The van der Waals surface area contributed by atoms with Crippen LogP contribution in [-0.2, 0) is 17.7 Å². The molecule has 3 aromatic heterocycles. The van der Waals surface area contributed by atoms with Crippen molar-refractivity contribution >= 4 is 51.3 Å². The van der Waals surface area contributed by atoms with Crippen LogP contribution in [0.1, 0.15) is 12.0 Å². The van der Waals surface area contributed by atoms with E-state index < -0.39 is 6.02 Å². The molecule has 0 aliphatic rings. The summed E-state index contributed by atoms with van der Waals surface area (Å²) in [6.07, 6.45) is 0.0953. The van der Waals surface area contributed by atoms with Gasteiger partial charge in [-0.05, 0) is 11.4 Å². The summed E-state index contributed by atoms with van der Waals surface area (Å²) in [5.41, 5.74) is 7.54. The first kappa shape index (κ1) is 16.2. The van der Waals surface area contributed by atoms with Crippen molar-refractivity contribution in [2.45, 2.75) is 19.0 Å². The molecule has 0 amide bonds. The Labute approximate surface area is 155 Å². The van der Waals surface area contributed by atoms with Crippen LogP contribution in [0.5, 0.6) is 0 Å². The first-order valence-electron chi connectivity index (χ1n) is 7.71. The van der Waals surface area contributed by atoms with Gasteiger partial charge in [0.1, 0.15) is 21.5 Å². The quantitative estimate of drug-likeness (QED) is 0.591. The van der Waals surface area contributed by atoms with Gasteiger partial charge in [-0.15, -0.1) is 11.3 Å². The lowest BCUT2D eigenvalue weighted by atomic mass is 10.2. The largest absolute Gasteiger partial charge is 0.455 e. The second kappa shape index (κ2) is 7.72. The van der Waals surface area contributed by atoms with Crippen LogP contribution in [0.15, 0.2) is 28.0 Å². The van der Waals surface area contributed by atoms with Gasteiger partial charge in [0, 0.05) is 38.4 Å². The third kappa shape index (κ3) is 3.84. The Hall–Kier alpha value is -1.31. The summed E-state index contributed by atoms with van der Waals surface area (Å²) in [5.74, 6) is 0.389. The maximum Gasteiger partial charge on any atom is 0.177 e. The van der Waals surface area contributed by atoms with E-state index >= 15 is 0 Å². The van der Waals surface area contributed by atoms with Gasteiger partial charge in [-0.25, -0.2) is 4.98 Å². The molecule has 3 rings (SSSR count). The summed E-state index contributed by atoms with van der Waals surface area (Å²) in [6, 6.07) is 4.36. The molecule has 3 aromatic rings. The molecule has 3 heterocycles. The van der Waals surface area contributed by atoms with Crippen molar-refractivity contribution in [3.63, 3.8) is 0 Å². The second-order valence-electron chi connectivity index (χ2n) is 5.21. The first-order valence-corrected chi connectivity index (χ1v) is 8.84. The predicted octanol–water partition coefficient (Wildman–Crippen LogP) is 4.32. The van der Waals surface area contributed by atoms with Crippen molar-refractivity contribution in [2.75, 3.05) is 19.0 Å². The van der Waals surface area contributed by atoms with E-state index in [2.05, 4.69) is 10.3 Å². The number of nitrogens with zero attached hydrogens (tertiary/aromatic N) is 1. The van der Waals surface area contributed by atoms with Crippen LogP contribution >= 0.6 is 34.5 Å². The summed E-state index contributed by atoms with van der Waals surface area (Å²) in [7, 11) is 1.49. The average molecular weight is 387 g/mol. The summed E-state index contributed by atoms with van der Waals surface area (Å²) in [6.45, 7) is 0.682. The number of pyridine rings is 1. The van der Waals surface area contributed by atoms with E-state index in [9.17, 15) is 0 Å². The van der Waals surface area contributed by atoms with Crippen LogP contribution in [0.25, 0.3) is 11.1 Å². The number of rotatable bonds is 7. The molecular weight excluding hydrogens is 369 g/mol. The molecule has 1 atom stereocenters. The summed E-state index contributed by atoms with van der Waals surface area (Å²) >= 11 is 14.2. The summed E-state index contributed by atoms with van der Waals surface area (Å²) < 4.78 is 18.9. The topological polar surface area (TPSA) is 73.3 Å². The van der Waals surface area contributed by atoms with Gasteiger partial charge in [0.05, 0.1) is 12.3 Å². The van der Waals surface area contributed by atoms with Gasteiger partial charge in [-0.3, -0.25) is 0 Å². The second-order valence-corrected chi connectivity index (χ2v) is 7.01. The van der Waals surface area contributed by atoms with E-state index in [1.165, 1.54) is 12.0 Å². The molecule has 24 heavy (non-hydrogen) atoms. The Morgan fingerprint density at radius 1 is 1.54 bits per heavy atom. The van der Waals surface area contributed by atoms with Crippen LogP contribution in [0.2, 0.25) is 10.2 Å². The summed E-state index contributed by atoms with van der Waals surface area (Å²) in [5, 5.41) is 5.92. The predicted molar refractivity (Wildman–Crippen MR) is 99.2 cm³/mol. The van der Waals surface area contributed by atoms with Gasteiger partial charge < -0.3 is 20.2 Å². The van der Waals surface area contributed by atoms with Gasteiger partial charge in [-0.1, -0.05) is 29.3 Å². The Bertz CT molecular complexity index is 868. The number of furan rings is 1. The van der Waals surface area contributed by atoms with Crippen molar-refractivity contribution in [1.29, 1.82) is 0 Å². The third-order valence-electron chi connectivity index (χ3n) is 3.37. The Kier molecular flexibility index (Phi) is 5.20. The molecule has 0 saturated carbocycles. The number of nitrogens with two attached hydrogens (primary N) is 1. The van der Waals surface area contributed by atoms with Crippen molar-refractivity contribution in [3.8, 4) is 0 Å². The molecule has 0 saturated heterocycles. The molecule has 3 N–H and O–H groups in total. The normalized spacial score (nSPS) is 14.6. The Morgan fingerprint density at radius 3 is 3.08 bits per heavy atom. The maximum absolute atomic E-state index is 8.08. The fraction of sp³-hybridized carbons (Fsp3) is 0.312. The number of thiophene rings is 1. The van der Waals surface area contributed by atoms with Gasteiger partial charge in [0.15, 0.2) is 5.58 Å². The van der Waals surface area contributed by atoms with E-state index in [0.717, 1.165) is 0 Å². The van der Waals surface area contributed by atoms with Crippen molar-refractivity contribution in [3.05, 3.63) is 44.4 Å². The molecular formula is C16H17Cl2N3O2S. The fourth-order valence-corrected chi connectivity index (χ4v) is 3.41. The smallest absolute Gasteiger partial charge is 0.177 e. The first-order chi connectivity index (χ1) is 11.9. The standard InChI is InChI=1S/C16H17Cl2N3O2S/c1-22-8-9(19)5-12-14(18)15-16(23-12)11(6-13(17)21-15)20-7-10-3-2-4-24-10/h2-4,6,9H,5,7-8,19H2,1H3,(H,20,21)/t9-/m1/s1/i9D. The number of methoxy groups -OCH3 is 1. The van der Waals surface area contributed by atoms with Gasteiger partial charge in [-0.2, -0.15) is 0 Å². The van der Waals surface area contributed by atoms with Gasteiger partial charge in [0.25, 0.3) is 0 Å². The SMILES string of the molecule is [2H][C@](N)(COC)Cc1oc2c(NCc3cccs3)cc(Cl)nc2c1Cl. The molecule has 0 radical (unpaired) electrons. The van der Waals surface area contributed by atoms with Crippen LogP contribution in [0, 0.1) is 0 Å². The number of ether oxygens (including phenoxy) is 1. The molecule has 8 heteroatoms. The monoisotopic (exact) mass is 386 g/mol. The highest BCUT2D eigenvalue weighted by molar-refractivity contribution is 7.09. The molecule has 0 aromatic carbocycles. The van der Waals surface area contributed by atoms with Crippen molar-refractivity contribution in [1.82, 2.24) is 4.98 Å². The van der Waals surface area contributed by atoms with E-state index in [4.69, 9.17) is 39.5 Å². The van der Waals surface area contributed by atoms with Crippen LogP contribution in [-0.4, -0.2) is 24.7 Å². The minimum absolute atomic E-state index is 0.0536.